The van der Waals surface area contributed by atoms with E-state index in [4.69, 9.17) is 5.11 Å². The van der Waals surface area contributed by atoms with E-state index in [2.05, 4.69) is 6.92 Å². The van der Waals surface area contributed by atoms with Gasteiger partial charge in [0.05, 0.1) is 5.41 Å². The maximum absolute atomic E-state index is 10.8. The predicted molar refractivity (Wildman–Crippen MR) is 49.4 cm³/mol. The summed E-state index contributed by atoms with van der Waals surface area (Å²) < 4.78 is 0. The second kappa shape index (κ2) is 2.90. The number of hydrogen-bond donors (Lipinski definition) is 1. The van der Waals surface area contributed by atoms with Crippen LogP contribution in [0.3, 0.4) is 0 Å². The molecule has 65 valence electrons. The zero-order valence-corrected chi connectivity index (χ0v) is 7.94. The van der Waals surface area contributed by atoms with Gasteiger partial charge in [0.2, 0.25) is 0 Å². The van der Waals surface area contributed by atoms with Crippen LogP contribution in [0.4, 0.5) is 0 Å². The van der Waals surface area contributed by atoms with Gasteiger partial charge in [0.1, 0.15) is 0 Å². The van der Waals surface area contributed by atoms with Crippen molar-refractivity contribution in [3.05, 3.63) is 28.8 Å². The molecule has 0 unspecified atom stereocenters. The Hall–Kier alpha value is -0.830. The van der Waals surface area contributed by atoms with Crippen LogP contribution in [0.5, 0.6) is 0 Å². The first-order valence-electron chi connectivity index (χ1n) is 3.59. The Kier molecular flexibility index (Phi) is 2.24. The molecule has 0 saturated heterocycles. The Balaban J connectivity index is 3.05. The first kappa shape index (κ1) is 9.26. The van der Waals surface area contributed by atoms with E-state index < -0.39 is 11.4 Å². The number of rotatable bonds is 2. The topological polar surface area (TPSA) is 37.3 Å². The lowest BCUT2D eigenvalue weighted by atomic mass is 9.91. The molecular formula is C9H11O2S. The van der Waals surface area contributed by atoms with E-state index in [1.54, 1.807) is 13.8 Å². The smallest absolute Gasteiger partial charge is 0.314 e. The minimum Gasteiger partial charge on any atom is -0.481 e. The summed E-state index contributed by atoms with van der Waals surface area (Å²) in [7, 11) is 0. The lowest BCUT2D eigenvalue weighted by Crippen LogP contribution is -2.27. The Bertz CT molecular complexity index is 299. The molecule has 0 aliphatic rings. The van der Waals surface area contributed by atoms with E-state index in [1.807, 2.05) is 11.4 Å². The molecular weight excluding hydrogens is 172 g/mol. The molecule has 0 bridgehead atoms. The normalized spacial score (nSPS) is 11.6. The van der Waals surface area contributed by atoms with Gasteiger partial charge in [-0.15, -0.1) is 11.3 Å². The second-order valence-corrected chi connectivity index (χ2v) is 4.16. The lowest BCUT2D eigenvalue weighted by molar-refractivity contribution is -0.142. The standard InChI is InChI=1S/C9H11O2S/c1-6-4-7(12-5-6)9(2,3)8(10)11/h4-5H,1H2,2-3H3,(H,10,11). The molecule has 0 aliphatic heterocycles. The second-order valence-electron chi connectivity index (χ2n) is 3.25. The van der Waals surface area contributed by atoms with Gasteiger partial charge in [0.25, 0.3) is 0 Å². The van der Waals surface area contributed by atoms with Crippen LogP contribution in [0.15, 0.2) is 11.4 Å². The summed E-state index contributed by atoms with van der Waals surface area (Å²) in [6, 6.07) is 1.82. The Morgan fingerprint density at radius 3 is 2.58 bits per heavy atom. The van der Waals surface area contributed by atoms with Gasteiger partial charge in [-0.3, -0.25) is 4.79 Å². The fraction of sp³-hybridized carbons (Fsp3) is 0.333. The first-order chi connectivity index (χ1) is 5.44. The van der Waals surface area contributed by atoms with E-state index in [1.165, 1.54) is 11.3 Å². The molecule has 12 heavy (non-hydrogen) atoms. The highest BCUT2D eigenvalue weighted by molar-refractivity contribution is 7.10. The fourth-order valence-electron chi connectivity index (χ4n) is 0.809. The Morgan fingerprint density at radius 2 is 2.25 bits per heavy atom. The van der Waals surface area contributed by atoms with Crippen LogP contribution in [-0.2, 0) is 10.2 Å². The van der Waals surface area contributed by atoms with Crippen molar-refractivity contribution in [1.29, 1.82) is 0 Å². The van der Waals surface area contributed by atoms with Crippen molar-refractivity contribution in [3.63, 3.8) is 0 Å². The number of aliphatic carboxylic acids is 1. The van der Waals surface area contributed by atoms with E-state index >= 15 is 0 Å². The van der Waals surface area contributed by atoms with E-state index in [0.717, 1.165) is 10.4 Å². The van der Waals surface area contributed by atoms with Crippen LogP contribution in [0, 0.1) is 6.92 Å². The van der Waals surface area contributed by atoms with E-state index in [-0.39, 0.29) is 0 Å². The number of hydrogen-bond acceptors (Lipinski definition) is 2. The Morgan fingerprint density at radius 1 is 1.67 bits per heavy atom. The lowest BCUT2D eigenvalue weighted by Gasteiger charge is -2.16. The number of carboxylic acid groups (broad SMARTS) is 1. The van der Waals surface area contributed by atoms with Crippen molar-refractivity contribution in [2.45, 2.75) is 19.3 Å². The Labute approximate surface area is 75.9 Å². The molecule has 1 aromatic heterocycles. The molecule has 3 heteroatoms. The van der Waals surface area contributed by atoms with Crippen LogP contribution in [0.1, 0.15) is 24.3 Å². The largest absolute Gasteiger partial charge is 0.481 e. The van der Waals surface area contributed by atoms with Gasteiger partial charge in [-0.05, 0) is 37.8 Å². The summed E-state index contributed by atoms with van der Waals surface area (Å²) in [4.78, 5) is 11.7. The first-order valence-corrected chi connectivity index (χ1v) is 4.47. The van der Waals surface area contributed by atoms with Crippen molar-refractivity contribution >= 4 is 17.3 Å². The van der Waals surface area contributed by atoms with Gasteiger partial charge in [0.15, 0.2) is 0 Å². The SMILES string of the molecule is [CH2]c1csc(C(C)(C)C(=O)O)c1. The molecule has 0 saturated carbocycles. The molecule has 0 fully saturated rings. The molecule has 1 rings (SSSR count). The fourth-order valence-corrected chi connectivity index (χ4v) is 1.76. The highest BCUT2D eigenvalue weighted by atomic mass is 32.1. The minimum absolute atomic E-state index is 0.791. The summed E-state index contributed by atoms with van der Waals surface area (Å²) in [5.41, 5.74) is 0.0879. The van der Waals surface area contributed by atoms with Crippen molar-refractivity contribution in [1.82, 2.24) is 0 Å². The molecule has 0 aromatic carbocycles. The van der Waals surface area contributed by atoms with Crippen molar-refractivity contribution in [2.24, 2.45) is 0 Å². The van der Waals surface area contributed by atoms with Gasteiger partial charge >= 0.3 is 5.97 Å². The summed E-state index contributed by atoms with van der Waals surface area (Å²) >= 11 is 1.44. The predicted octanol–water partition coefficient (Wildman–Crippen LogP) is 2.29. The summed E-state index contributed by atoms with van der Waals surface area (Å²) in [6.45, 7) is 7.12. The summed E-state index contributed by atoms with van der Waals surface area (Å²) in [5.74, 6) is -0.802. The average Bonchev–Trinajstić information content (AvgIpc) is 2.35. The van der Waals surface area contributed by atoms with Gasteiger partial charge in [-0.2, -0.15) is 0 Å². The zero-order chi connectivity index (χ0) is 9.35. The molecule has 0 aliphatic carbocycles. The van der Waals surface area contributed by atoms with Crippen LogP contribution in [-0.4, -0.2) is 11.1 Å². The van der Waals surface area contributed by atoms with E-state index in [0.29, 0.717) is 0 Å². The zero-order valence-electron chi connectivity index (χ0n) is 7.13. The van der Waals surface area contributed by atoms with E-state index in [9.17, 15) is 4.79 Å². The maximum atomic E-state index is 10.8. The third-order valence-corrected chi connectivity index (χ3v) is 3.11. The number of carboxylic acids is 1. The van der Waals surface area contributed by atoms with Gasteiger partial charge in [-0.1, -0.05) is 0 Å². The van der Waals surface area contributed by atoms with Gasteiger partial charge in [-0.25, -0.2) is 0 Å². The third kappa shape index (κ3) is 1.50. The van der Waals surface area contributed by atoms with Crippen molar-refractivity contribution in [2.75, 3.05) is 0 Å². The van der Waals surface area contributed by atoms with Crippen LogP contribution in [0.25, 0.3) is 0 Å². The van der Waals surface area contributed by atoms with Crippen molar-refractivity contribution < 1.29 is 9.90 Å². The van der Waals surface area contributed by atoms with Crippen LogP contribution < -0.4 is 0 Å². The van der Waals surface area contributed by atoms with Crippen LogP contribution in [0.2, 0.25) is 0 Å². The molecule has 0 amide bonds. The van der Waals surface area contributed by atoms with Crippen molar-refractivity contribution in [3.8, 4) is 0 Å². The van der Waals surface area contributed by atoms with Gasteiger partial charge in [0, 0.05) is 4.88 Å². The molecule has 0 spiro atoms. The third-order valence-electron chi connectivity index (χ3n) is 1.80. The minimum atomic E-state index is -0.802. The molecule has 1 radical (unpaired) electrons. The van der Waals surface area contributed by atoms with Gasteiger partial charge < -0.3 is 5.11 Å². The summed E-state index contributed by atoms with van der Waals surface area (Å²) in [5, 5.41) is 10.8. The highest BCUT2D eigenvalue weighted by Crippen LogP contribution is 2.29. The molecule has 0 atom stereocenters. The summed E-state index contributed by atoms with van der Waals surface area (Å²) in [6.07, 6.45) is 0. The quantitative estimate of drug-likeness (QED) is 0.763. The maximum Gasteiger partial charge on any atom is 0.314 e. The molecule has 2 nitrogen and oxygen atoms in total. The monoisotopic (exact) mass is 183 g/mol. The highest BCUT2D eigenvalue weighted by Gasteiger charge is 2.30. The van der Waals surface area contributed by atoms with Crippen LogP contribution >= 0.6 is 11.3 Å². The molecule has 1 heterocycles. The molecule has 1 aromatic rings. The molecule has 1 N–H and O–H groups in total. The average molecular weight is 183 g/mol. The number of carbonyl (C=O) groups is 1. The number of thiophene rings is 1.